The summed E-state index contributed by atoms with van der Waals surface area (Å²) >= 11 is 0. The van der Waals surface area contributed by atoms with Gasteiger partial charge >= 0.3 is 0 Å². The minimum atomic E-state index is -3.70. The molecule has 2 saturated heterocycles. The second kappa shape index (κ2) is 10.8. The van der Waals surface area contributed by atoms with Crippen molar-refractivity contribution < 1.29 is 17.9 Å². The Hall–Kier alpha value is -1.68. The lowest BCUT2D eigenvalue weighted by molar-refractivity contribution is 0.0693. The zero-order valence-electron chi connectivity index (χ0n) is 19.0. The Balaban J connectivity index is 1.61. The van der Waals surface area contributed by atoms with Crippen molar-refractivity contribution in [1.29, 1.82) is 0 Å². The number of ether oxygens (including phenoxy) is 1. The number of piperazine rings is 1. The maximum absolute atomic E-state index is 13.0. The Morgan fingerprint density at radius 1 is 1.13 bits per heavy atom. The SMILES string of the molecule is COc1ccc(S(=O)(=O)NCCCN2CCN(C)CC2)cc1C(=O)N1CCC(C)CC1. The fourth-order valence-electron chi connectivity index (χ4n) is 4.07. The van der Waals surface area contributed by atoms with E-state index < -0.39 is 10.0 Å². The molecule has 3 rings (SSSR count). The smallest absolute Gasteiger partial charge is 0.257 e. The van der Waals surface area contributed by atoms with Crippen LogP contribution < -0.4 is 9.46 Å². The maximum Gasteiger partial charge on any atom is 0.257 e. The predicted octanol–water partition coefficient (Wildman–Crippen LogP) is 1.48. The van der Waals surface area contributed by atoms with Crippen LogP contribution in [0.3, 0.4) is 0 Å². The van der Waals surface area contributed by atoms with E-state index in [4.69, 9.17) is 4.74 Å². The summed E-state index contributed by atoms with van der Waals surface area (Å²) in [4.78, 5) is 19.6. The summed E-state index contributed by atoms with van der Waals surface area (Å²) in [5, 5.41) is 0. The summed E-state index contributed by atoms with van der Waals surface area (Å²) in [6.07, 6.45) is 2.67. The first-order valence-corrected chi connectivity index (χ1v) is 12.7. The number of likely N-dealkylation sites (N-methyl/N-ethyl adjacent to an activating group) is 1. The van der Waals surface area contributed by atoms with E-state index >= 15 is 0 Å². The summed E-state index contributed by atoms with van der Waals surface area (Å²) < 4.78 is 33.7. The zero-order chi connectivity index (χ0) is 22.4. The number of amides is 1. The lowest BCUT2D eigenvalue weighted by Crippen LogP contribution is -2.45. The molecular weight excluding hydrogens is 416 g/mol. The highest BCUT2D eigenvalue weighted by molar-refractivity contribution is 7.89. The average Bonchev–Trinajstić information content (AvgIpc) is 2.77. The highest BCUT2D eigenvalue weighted by Crippen LogP contribution is 2.26. The first-order chi connectivity index (χ1) is 14.8. The number of carbonyl (C=O) groups is 1. The van der Waals surface area contributed by atoms with E-state index in [0.29, 0.717) is 36.9 Å². The van der Waals surface area contributed by atoms with Gasteiger partial charge in [0.25, 0.3) is 5.91 Å². The molecule has 0 bridgehead atoms. The number of hydrogen-bond donors (Lipinski definition) is 1. The third-order valence-corrected chi connectivity index (χ3v) is 7.78. The molecule has 0 aromatic heterocycles. The van der Waals surface area contributed by atoms with Gasteiger partial charge in [0, 0.05) is 45.8 Å². The Morgan fingerprint density at radius 2 is 1.81 bits per heavy atom. The standard InChI is InChI=1S/C22H36N4O4S/c1-18-7-11-26(12-8-18)22(27)20-17-19(5-6-21(20)30-3)31(28,29)23-9-4-10-25-15-13-24(2)14-16-25/h5-6,17-18,23H,4,7-16H2,1-3H3. The van der Waals surface area contributed by atoms with Gasteiger partial charge in [-0.15, -0.1) is 0 Å². The van der Waals surface area contributed by atoms with E-state index in [1.165, 1.54) is 19.2 Å². The molecule has 1 N–H and O–H groups in total. The van der Waals surface area contributed by atoms with Gasteiger partial charge in [-0.2, -0.15) is 0 Å². The largest absolute Gasteiger partial charge is 0.496 e. The number of piperidine rings is 1. The lowest BCUT2D eigenvalue weighted by Gasteiger charge is -2.32. The van der Waals surface area contributed by atoms with Crippen LogP contribution in [0.4, 0.5) is 0 Å². The van der Waals surface area contributed by atoms with Gasteiger partial charge in [-0.1, -0.05) is 6.92 Å². The number of hydrogen-bond acceptors (Lipinski definition) is 6. The monoisotopic (exact) mass is 452 g/mol. The van der Waals surface area contributed by atoms with Crippen molar-refractivity contribution >= 4 is 15.9 Å². The number of sulfonamides is 1. The molecule has 2 aliphatic rings. The highest BCUT2D eigenvalue weighted by atomic mass is 32.2. The van der Waals surface area contributed by atoms with Gasteiger partial charge in [0.2, 0.25) is 10.0 Å². The van der Waals surface area contributed by atoms with E-state index in [1.807, 2.05) is 0 Å². The van der Waals surface area contributed by atoms with Crippen LogP contribution in [0.5, 0.6) is 5.75 Å². The molecule has 1 amide bonds. The molecule has 2 aliphatic heterocycles. The van der Waals surface area contributed by atoms with Gasteiger partial charge < -0.3 is 19.4 Å². The van der Waals surface area contributed by atoms with Crippen molar-refractivity contribution in [3.8, 4) is 5.75 Å². The quantitative estimate of drug-likeness (QED) is 0.602. The minimum Gasteiger partial charge on any atom is -0.496 e. The molecule has 9 heteroatoms. The van der Waals surface area contributed by atoms with Gasteiger partial charge in [-0.3, -0.25) is 4.79 Å². The molecule has 0 saturated carbocycles. The molecule has 174 valence electrons. The van der Waals surface area contributed by atoms with Gasteiger partial charge in [-0.25, -0.2) is 13.1 Å². The Bertz CT molecular complexity index is 845. The summed E-state index contributed by atoms with van der Waals surface area (Å²) in [7, 11) is -0.0842. The van der Waals surface area contributed by atoms with Crippen LogP contribution in [0.2, 0.25) is 0 Å². The molecule has 2 fully saturated rings. The minimum absolute atomic E-state index is 0.0987. The van der Waals surface area contributed by atoms with Gasteiger partial charge in [-0.05, 0) is 57.0 Å². The van der Waals surface area contributed by atoms with Gasteiger partial charge in [0.15, 0.2) is 0 Å². The number of carbonyl (C=O) groups excluding carboxylic acids is 1. The molecule has 0 aliphatic carbocycles. The molecule has 2 heterocycles. The third kappa shape index (κ3) is 6.41. The number of nitrogens with one attached hydrogen (secondary N) is 1. The Morgan fingerprint density at radius 3 is 2.45 bits per heavy atom. The van der Waals surface area contributed by atoms with E-state index in [1.54, 1.807) is 11.0 Å². The summed E-state index contributed by atoms with van der Waals surface area (Å²) in [5.41, 5.74) is 0.303. The fourth-order valence-corrected chi connectivity index (χ4v) is 5.17. The van der Waals surface area contributed by atoms with Crippen LogP contribution in [0.15, 0.2) is 23.1 Å². The number of benzene rings is 1. The van der Waals surface area contributed by atoms with Crippen molar-refractivity contribution in [3.63, 3.8) is 0 Å². The molecular formula is C22H36N4O4S. The third-order valence-electron chi connectivity index (χ3n) is 6.32. The van der Waals surface area contributed by atoms with Crippen molar-refractivity contribution in [2.75, 3.05) is 66.5 Å². The second-order valence-electron chi connectivity index (χ2n) is 8.73. The number of nitrogens with zero attached hydrogens (tertiary/aromatic N) is 3. The Kier molecular flexibility index (Phi) is 8.32. The van der Waals surface area contributed by atoms with Crippen LogP contribution in [0, 0.1) is 5.92 Å². The maximum atomic E-state index is 13.0. The molecule has 1 aromatic rings. The van der Waals surface area contributed by atoms with Crippen molar-refractivity contribution in [2.24, 2.45) is 5.92 Å². The topological polar surface area (TPSA) is 82.2 Å². The molecule has 8 nitrogen and oxygen atoms in total. The van der Waals surface area contributed by atoms with Crippen LogP contribution in [-0.4, -0.2) is 95.5 Å². The first-order valence-electron chi connectivity index (χ1n) is 11.2. The van der Waals surface area contributed by atoms with E-state index in [0.717, 1.165) is 52.0 Å². The number of rotatable bonds is 8. The summed E-state index contributed by atoms with van der Waals surface area (Å²) in [6, 6.07) is 4.51. The van der Waals surface area contributed by atoms with Crippen molar-refractivity contribution in [1.82, 2.24) is 19.4 Å². The molecule has 31 heavy (non-hydrogen) atoms. The first kappa shape index (κ1) is 24.0. The van der Waals surface area contributed by atoms with Gasteiger partial charge in [0.05, 0.1) is 17.6 Å². The van der Waals surface area contributed by atoms with Gasteiger partial charge in [0.1, 0.15) is 5.75 Å². The summed E-state index contributed by atoms with van der Waals surface area (Å²) in [6.45, 7) is 8.92. The van der Waals surface area contributed by atoms with Crippen LogP contribution in [-0.2, 0) is 10.0 Å². The highest BCUT2D eigenvalue weighted by Gasteiger charge is 2.26. The van der Waals surface area contributed by atoms with E-state index in [2.05, 4.69) is 28.5 Å². The second-order valence-corrected chi connectivity index (χ2v) is 10.5. The molecule has 0 unspecified atom stereocenters. The number of methoxy groups -OCH3 is 1. The van der Waals surface area contributed by atoms with Crippen LogP contribution >= 0.6 is 0 Å². The molecule has 0 spiro atoms. The molecule has 0 radical (unpaired) electrons. The average molecular weight is 453 g/mol. The zero-order valence-corrected chi connectivity index (χ0v) is 19.8. The normalized spacial score (nSPS) is 19.5. The Labute approximate surface area is 186 Å². The van der Waals surface area contributed by atoms with E-state index in [-0.39, 0.29) is 10.8 Å². The van der Waals surface area contributed by atoms with E-state index in [9.17, 15) is 13.2 Å². The van der Waals surface area contributed by atoms with Crippen LogP contribution in [0.25, 0.3) is 0 Å². The molecule has 1 aromatic carbocycles. The fraction of sp³-hybridized carbons (Fsp3) is 0.682. The summed E-state index contributed by atoms with van der Waals surface area (Å²) in [5.74, 6) is 0.834. The van der Waals surface area contributed by atoms with Crippen LogP contribution in [0.1, 0.15) is 36.5 Å². The lowest BCUT2D eigenvalue weighted by atomic mass is 9.98. The molecule has 0 atom stereocenters. The number of likely N-dealkylation sites (tertiary alicyclic amines) is 1. The predicted molar refractivity (Wildman–Crippen MR) is 121 cm³/mol. The van der Waals surface area contributed by atoms with Crippen molar-refractivity contribution in [3.05, 3.63) is 23.8 Å². The van der Waals surface area contributed by atoms with Crippen molar-refractivity contribution in [2.45, 2.75) is 31.1 Å².